The maximum Gasteiger partial charge on any atom is 0.268 e. The molecule has 1 aliphatic rings. The van der Waals surface area contributed by atoms with Gasteiger partial charge in [0.05, 0.1) is 7.11 Å². The number of aromatic nitrogens is 2. The van der Waals surface area contributed by atoms with E-state index in [2.05, 4.69) is 15.5 Å². The number of hydrogen-bond acceptors (Lipinski definition) is 8. The molecule has 3 aromatic rings. The SMILES string of the molecule is COc1cc(/C=C(/C#N)C(=O)Nc2nnc(C3CCCCC3)s2)ccc1OCCOc1cc(C)ccc1C. The molecule has 0 unspecified atom stereocenters. The van der Waals surface area contributed by atoms with Gasteiger partial charge in [-0.2, -0.15) is 5.26 Å². The molecule has 1 fully saturated rings. The minimum absolute atomic E-state index is 0.0444. The fourth-order valence-corrected chi connectivity index (χ4v) is 5.25. The van der Waals surface area contributed by atoms with Crippen LogP contribution in [0.15, 0.2) is 42.0 Å². The smallest absolute Gasteiger partial charge is 0.268 e. The van der Waals surface area contributed by atoms with Crippen LogP contribution in [0.25, 0.3) is 6.08 Å². The lowest BCUT2D eigenvalue weighted by atomic mass is 9.90. The van der Waals surface area contributed by atoms with Crippen molar-refractivity contribution < 1.29 is 19.0 Å². The van der Waals surface area contributed by atoms with E-state index < -0.39 is 5.91 Å². The van der Waals surface area contributed by atoms with E-state index in [0.717, 1.165) is 34.7 Å². The number of aryl methyl sites for hydroxylation is 2. The number of carbonyl (C=O) groups is 1. The molecule has 8 nitrogen and oxygen atoms in total. The molecular weight excluding hydrogens is 500 g/mol. The summed E-state index contributed by atoms with van der Waals surface area (Å²) in [7, 11) is 1.54. The molecule has 38 heavy (non-hydrogen) atoms. The molecule has 1 amide bonds. The quantitative estimate of drug-likeness (QED) is 0.188. The topological polar surface area (TPSA) is 106 Å². The second-order valence-corrected chi connectivity index (χ2v) is 10.3. The lowest BCUT2D eigenvalue weighted by Crippen LogP contribution is -2.13. The molecule has 0 atom stereocenters. The summed E-state index contributed by atoms with van der Waals surface area (Å²) in [6.07, 6.45) is 7.37. The van der Waals surface area contributed by atoms with Crippen molar-refractivity contribution in [2.45, 2.75) is 51.9 Å². The van der Waals surface area contributed by atoms with E-state index in [1.807, 2.05) is 38.1 Å². The maximum absolute atomic E-state index is 12.8. The minimum atomic E-state index is -0.526. The Morgan fingerprint density at radius 2 is 1.82 bits per heavy atom. The van der Waals surface area contributed by atoms with Gasteiger partial charge in [-0.1, -0.05) is 48.8 Å². The first-order valence-electron chi connectivity index (χ1n) is 12.7. The molecule has 2 aromatic carbocycles. The molecule has 0 radical (unpaired) electrons. The summed E-state index contributed by atoms with van der Waals surface area (Å²) in [5.74, 6) is 1.75. The van der Waals surface area contributed by atoms with Crippen molar-refractivity contribution in [3.8, 4) is 23.3 Å². The molecule has 1 saturated carbocycles. The van der Waals surface area contributed by atoms with Crippen LogP contribution in [0.4, 0.5) is 5.13 Å². The van der Waals surface area contributed by atoms with Gasteiger partial charge in [-0.15, -0.1) is 10.2 Å². The first-order valence-corrected chi connectivity index (χ1v) is 13.6. The van der Waals surface area contributed by atoms with E-state index in [9.17, 15) is 10.1 Å². The summed E-state index contributed by atoms with van der Waals surface area (Å²) in [6.45, 7) is 4.73. The highest BCUT2D eigenvalue weighted by Gasteiger charge is 2.21. The number of anilines is 1. The van der Waals surface area contributed by atoms with Gasteiger partial charge >= 0.3 is 0 Å². The van der Waals surface area contributed by atoms with Crippen LogP contribution in [0.3, 0.4) is 0 Å². The Balaban J connectivity index is 1.36. The van der Waals surface area contributed by atoms with Crippen molar-refractivity contribution in [2.75, 3.05) is 25.6 Å². The Hall–Kier alpha value is -3.90. The van der Waals surface area contributed by atoms with Crippen molar-refractivity contribution in [1.29, 1.82) is 5.26 Å². The third kappa shape index (κ3) is 7.11. The van der Waals surface area contributed by atoms with Gasteiger partial charge in [-0.3, -0.25) is 10.1 Å². The molecule has 1 aliphatic carbocycles. The fourth-order valence-electron chi connectivity index (χ4n) is 4.34. The average Bonchev–Trinajstić information content (AvgIpc) is 3.40. The zero-order valence-electron chi connectivity index (χ0n) is 22.0. The number of benzene rings is 2. The van der Waals surface area contributed by atoms with Crippen LogP contribution >= 0.6 is 11.3 Å². The molecule has 198 valence electrons. The van der Waals surface area contributed by atoms with Crippen LogP contribution in [-0.2, 0) is 4.79 Å². The summed E-state index contributed by atoms with van der Waals surface area (Å²) in [6, 6.07) is 13.3. The number of nitrogens with zero attached hydrogens (tertiary/aromatic N) is 3. The fraction of sp³-hybridized carbons (Fsp3) is 0.379. The minimum Gasteiger partial charge on any atom is -0.493 e. The number of hydrogen-bond donors (Lipinski definition) is 1. The normalized spacial score (nSPS) is 14.0. The summed E-state index contributed by atoms with van der Waals surface area (Å²) >= 11 is 1.38. The zero-order chi connectivity index (χ0) is 26.9. The lowest BCUT2D eigenvalue weighted by molar-refractivity contribution is -0.112. The van der Waals surface area contributed by atoms with Crippen molar-refractivity contribution in [3.63, 3.8) is 0 Å². The molecule has 0 saturated heterocycles. The number of nitriles is 1. The van der Waals surface area contributed by atoms with Gasteiger partial charge in [-0.05, 0) is 67.7 Å². The number of amides is 1. The molecule has 0 bridgehead atoms. The highest BCUT2D eigenvalue weighted by Crippen LogP contribution is 2.35. The molecule has 1 aromatic heterocycles. The largest absolute Gasteiger partial charge is 0.493 e. The van der Waals surface area contributed by atoms with Crippen LogP contribution in [0.2, 0.25) is 0 Å². The Labute approximate surface area is 227 Å². The van der Waals surface area contributed by atoms with E-state index >= 15 is 0 Å². The number of methoxy groups -OCH3 is 1. The van der Waals surface area contributed by atoms with Crippen LogP contribution in [0.1, 0.15) is 59.7 Å². The van der Waals surface area contributed by atoms with Crippen molar-refractivity contribution in [3.05, 3.63) is 63.7 Å². The molecule has 1 N–H and O–H groups in total. The monoisotopic (exact) mass is 532 g/mol. The number of nitrogens with one attached hydrogen (secondary N) is 1. The van der Waals surface area contributed by atoms with E-state index in [0.29, 0.717) is 41.3 Å². The van der Waals surface area contributed by atoms with Crippen molar-refractivity contribution in [2.24, 2.45) is 0 Å². The summed E-state index contributed by atoms with van der Waals surface area (Å²) < 4.78 is 17.2. The van der Waals surface area contributed by atoms with Crippen LogP contribution < -0.4 is 19.5 Å². The van der Waals surface area contributed by atoms with Gasteiger partial charge < -0.3 is 14.2 Å². The van der Waals surface area contributed by atoms with Gasteiger partial charge in [-0.25, -0.2) is 0 Å². The van der Waals surface area contributed by atoms with Crippen LogP contribution in [0.5, 0.6) is 17.2 Å². The van der Waals surface area contributed by atoms with Gasteiger partial charge in [0.1, 0.15) is 35.6 Å². The maximum atomic E-state index is 12.8. The predicted octanol–water partition coefficient (Wildman–Crippen LogP) is 6.21. The number of ether oxygens (including phenoxy) is 3. The highest BCUT2D eigenvalue weighted by atomic mass is 32.1. The first-order chi connectivity index (χ1) is 18.5. The van der Waals surface area contributed by atoms with Crippen LogP contribution in [-0.4, -0.2) is 36.4 Å². The first kappa shape index (κ1) is 27.1. The molecule has 4 rings (SSSR count). The third-order valence-electron chi connectivity index (χ3n) is 6.42. The zero-order valence-corrected chi connectivity index (χ0v) is 22.8. The molecule has 9 heteroatoms. The lowest BCUT2D eigenvalue weighted by Gasteiger charge is -2.18. The molecule has 0 aliphatic heterocycles. The summed E-state index contributed by atoms with van der Waals surface area (Å²) in [5, 5.41) is 22.1. The summed E-state index contributed by atoms with van der Waals surface area (Å²) in [4.78, 5) is 12.8. The number of carbonyl (C=O) groups excluding carboxylic acids is 1. The van der Waals surface area contributed by atoms with Crippen molar-refractivity contribution >= 4 is 28.5 Å². The molecular formula is C29H32N4O4S. The van der Waals surface area contributed by atoms with Gasteiger partial charge in [0.15, 0.2) is 11.5 Å². The van der Waals surface area contributed by atoms with E-state index in [4.69, 9.17) is 14.2 Å². The predicted molar refractivity (Wildman–Crippen MR) is 148 cm³/mol. The van der Waals surface area contributed by atoms with E-state index in [-0.39, 0.29) is 5.57 Å². The number of rotatable bonds is 10. The molecule has 1 heterocycles. The second-order valence-electron chi connectivity index (χ2n) is 9.28. The van der Waals surface area contributed by atoms with Crippen LogP contribution in [0, 0.1) is 25.2 Å². The van der Waals surface area contributed by atoms with E-state index in [1.54, 1.807) is 25.3 Å². The van der Waals surface area contributed by atoms with Crippen molar-refractivity contribution in [1.82, 2.24) is 10.2 Å². The standard InChI is InChI=1S/C29H32N4O4S/c1-19-9-10-20(2)25(15-19)37-14-13-36-24-12-11-21(17-26(24)35-3)16-23(18-30)27(34)31-29-33-32-28(38-29)22-7-5-4-6-8-22/h9-12,15-17,22H,4-8,13-14H2,1-3H3,(H,31,33,34)/b23-16-. The average molecular weight is 533 g/mol. The Kier molecular flexibility index (Phi) is 9.33. The Bertz CT molecular complexity index is 1340. The Morgan fingerprint density at radius 3 is 2.55 bits per heavy atom. The summed E-state index contributed by atoms with van der Waals surface area (Å²) in [5.41, 5.74) is 2.79. The third-order valence-corrected chi connectivity index (χ3v) is 7.42. The van der Waals surface area contributed by atoms with E-state index in [1.165, 1.54) is 36.7 Å². The van der Waals surface area contributed by atoms with Gasteiger partial charge in [0.2, 0.25) is 5.13 Å². The van der Waals surface area contributed by atoms with Gasteiger partial charge in [0, 0.05) is 5.92 Å². The Morgan fingerprint density at radius 1 is 1.05 bits per heavy atom. The highest BCUT2D eigenvalue weighted by molar-refractivity contribution is 7.15. The second kappa shape index (κ2) is 13.1. The molecule has 0 spiro atoms. The van der Waals surface area contributed by atoms with Gasteiger partial charge in [0.25, 0.3) is 5.91 Å².